The van der Waals surface area contributed by atoms with Gasteiger partial charge in [-0.15, -0.1) is 0 Å². The fourth-order valence-electron chi connectivity index (χ4n) is 6.61. The highest BCUT2D eigenvalue weighted by molar-refractivity contribution is 5.96. The summed E-state index contributed by atoms with van der Waals surface area (Å²) < 4.78 is 0. The van der Waals surface area contributed by atoms with Crippen LogP contribution >= 0.6 is 0 Å². The van der Waals surface area contributed by atoms with Crippen molar-refractivity contribution in [3.05, 3.63) is 65.7 Å². The summed E-state index contributed by atoms with van der Waals surface area (Å²) in [6.45, 7) is 5.33. The second-order valence-corrected chi connectivity index (χ2v) is 15.5. The highest BCUT2D eigenvalue weighted by Gasteiger charge is 2.35. The molecule has 1 aliphatic rings. The highest BCUT2D eigenvalue weighted by Crippen LogP contribution is 2.15. The molecule has 2 aromatic carbocycles. The lowest BCUT2D eigenvalue weighted by Crippen LogP contribution is -2.60. The van der Waals surface area contributed by atoms with Gasteiger partial charge in [0.05, 0.1) is 0 Å². The number of nitrogens with two attached hydrogens (primary N) is 2. The number of phenols is 1. The van der Waals surface area contributed by atoms with Crippen molar-refractivity contribution < 1.29 is 43.8 Å². The highest BCUT2D eigenvalue weighted by atomic mass is 16.4. The number of aliphatic carboxylic acids is 1. The molecule has 334 valence electrons. The van der Waals surface area contributed by atoms with Crippen molar-refractivity contribution in [1.82, 2.24) is 36.8 Å². The molecule has 0 unspecified atom stereocenters. The number of hydrogen-bond acceptors (Lipinski definition) is 9. The summed E-state index contributed by atoms with van der Waals surface area (Å²) in [5.41, 5.74) is 12.2. The lowest BCUT2D eigenvalue weighted by molar-refractivity contribution is -0.142. The van der Waals surface area contributed by atoms with Crippen LogP contribution in [0.15, 0.2) is 59.6 Å². The molecule has 0 aliphatic carbocycles. The first-order valence-electron chi connectivity index (χ1n) is 20.6. The zero-order valence-electron chi connectivity index (χ0n) is 35.3. The van der Waals surface area contributed by atoms with Crippen molar-refractivity contribution >= 4 is 47.5 Å². The molecule has 61 heavy (non-hydrogen) atoms. The number of carboxylic acids is 1. The van der Waals surface area contributed by atoms with Crippen molar-refractivity contribution in [2.75, 3.05) is 20.1 Å². The molecule has 0 aromatic heterocycles. The summed E-state index contributed by atoms with van der Waals surface area (Å²) in [6.07, 6.45) is 2.10. The van der Waals surface area contributed by atoms with Crippen LogP contribution in [0.1, 0.15) is 76.8 Å². The maximum atomic E-state index is 14.2. The lowest BCUT2D eigenvalue weighted by atomic mass is 9.99. The number of carbonyl (C=O) groups is 7. The average molecular weight is 851 g/mol. The Kier molecular flexibility index (Phi) is 19.8. The number of urea groups is 1. The van der Waals surface area contributed by atoms with Gasteiger partial charge in [-0.1, -0.05) is 56.3 Å². The maximum absolute atomic E-state index is 14.2. The zero-order chi connectivity index (χ0) is 45.1. The number of nitrogens with one attached hydrogen (secondary N) is 6. The fraction of sp³-hybridized carbons (Fsp3) is 0.524. The number of phenolic OH excluding ortho intramolecular Hbond substituents is 1. The number of rotatable bonds is 14. The Morgan fingerprint density at radius 3 is 2.18 bits per heavy atom. The molecular weight excluding hydrogens is 789 g/mol. The summed E-state index contributed by atoms with van der Waals surface area (Å²) >= 11 is 0. The summed E-state index contributed by atoms with van der Waals surface area (Å²) in [4.78, 5) is 99.8. The van der Waals surface area contributed by atoms with Crippen molar-refractivity contribution in [2.24, 2.45) is 22.4 Å². The largest absolute Gasteiger partial charge is 0.508 e. The first kappa shape index (κ1) is 49.0. The van der Waals surface area contributed by atoms with Crippen LogP contribution in [0.3, 0.4) is 0 Å². The molecule has 19 nitrogen and oxygen atoms in total. The summed E-state index contributed by atoms with van der Waals surface area (Å²) in [7, 11) is 1.42. The molecule has 0 spiro atoms. The second kappa shape index (κ2) is 24.6. The van der Waals surface area contributed by atoms with Crippen LogP contribution in [0.25, 0.3) is 0 Å². The van der Waals surface area contributed by atoms with E-state index in [1.807, 2.05) is 30.3 Å². The van der Waals surface area contributed by atoms with Gasteiger partial charge >= 0.3 is 12.0 Å². The minimum Gasteiger partial charge on any atom is -0.508 e. The number of nitrogens with zero attached hydrogens (tertiary/aromatic N) is 2. The normalized spacial score (nSPS) is 21.6. The Bertz CT molecular complexity index is 1820. The van der Waals surface area contributed by atoms with Crippen LogP contribution in [0.2, 0.25) is 0 Å². The Morgan fingerprint density at radius 1 is 0.869 bits per heavy atom. The number of guanidine groups is 1. The number of likely N-dealkylation sites (N-methyl/N-ethyl adjacent to an activating group) is 1. The number of aliphatic imine (C=N–C) groups is 1. The van der Waals surface area contributed by atoms with Crippen LogP contribution in [0, 0.1) is 5.92 Å². The molecule has 19 heteroatoms. The minimum absolute atomic E-state index is 0.0397. The summed E-state index contributed by atoms with van der Waals surface area (Å²) in [6, 6.07) is 7.51. The van der Waals surface area contributed by atoms with E-state index in [4.69, 9.17) is 11.5 Å². The molecule has 1 heterocycles. The van der Waals surface area contributed by atoms with Gasteiger partial charge in [0.2, 0.25) is 29.5 Å². The molecule has 1 aliphatic heterocycles. The third-order valence-electron chi connectivity index (χ3n) is 10.4. The van der Waals surface area contributed by atoms with E-state index >= 15 is 0 Å². The van der Waals surface area contributed by atoms with Crippen LogP contribution in [-0.2, 0) is 41.6 Å². The molecule has 1 fully saturated rings. The van der Waals surface area contributed by atoms with E-state index < -0.39 is 83.7 Å². The number of carboxylic acid groups (broad SMARTS) is 1. The van der Waals surface area contributed by atoms with E-state index in [2.05, 4.69) is 36.9 Å². The van der Waals surface area contributed by atoms with Crippen LogP contribution in [0.5, 0.6) is 5.75 Å². The first-order valence-corrected chi connectivity index (χ1v) is 20.6. The van der Waals surface area contributed by atoms with E-state index in [0.717, 1.165) is 11.1 Å². The van der Waals surface area contributed by atoms with Crippen LogP contribution < -0.4 is 43.4 Å². The standard InChI is InChI=1S/C42H62N10O9/c1-25(2)34-38(57)47-31(21-18-27-16-19-29(53)20-17-27)39(58)52(4)26(3)35(54)48-33(24-28-12-6-5-7-13-28)36(55)45-22-10-8-14-30(37(56)51-34)49-42(61)50-32(40(59)60)15-9-11-23-46-41(43)44/h5-7,12-13,16-17,19-20,25-26,30-34,53H,8-11,14-15,18,21-24H2,1-4H3,(H,45,55)(H,47,57)(H,48,54)(H,51,56)(H,59,60)(H4,43,44,46)(H2,49,50,61)/t26-,30+,31-,32-,33-,34-/m0/s1. The maximum Gasteiger partial charge on any atom is 0.326 e. The Balaban J connectivity index is 1.93. The first-order chi connectivity index (χ1) is 29.0. The van der Waals surface area contributed by atoms with E-state index in [1.54, 1.807) is 26.0 Å². The smallest absolute Gasteiger partial charge is 0.326 e. The van der Waals surface area contributed by atoms with Crippen LogP contribution in [0.4, 0.5) is 4.79 Å². The van der Waals surface area contributed by atoms with Gasteiger partial charge in [0, 0.05) is 26.6 Å². The Morgan fingerprint density at radius 2 is 1.54 bits per heavy atom. The number of unbranched alkanes of at least 4 members (excludes halogenated alkanes) is 1. The Labute approximate surface area is 356 Å². The van der Waals surface area contributed by atoms with Gasteiger partial charge in [0.25, 0.3) is 0 Å². The third-order valence-corrected chi connectivity index (χ3v) is 10.4. The predicted molar refractivity (Wildman–Crippen MR) is 228 cm³/mol. The van der Waals surface area contributed by atoms with E-state index in [1.165, 1.54) is 31.0 Å². The molecule has 0 radical (unpaired) electrons. The van der Waals surface area contributed by atoms with E-state index in [0.29, 0.717) is 25.7 Å². The number of aromatic hydroxyl groups is 1. The molecule has 3 rings (SSSR count). The molecule has 7 amide bonds. The molecule has 6 atom stereocenters. The van der Waals surface area contributed by atoms with Crippen molar-refractivity contribution in [1.29, 1.82) is 0 Å². The van der Waals surface area contributed by atoms with Crippen LogP contribution in [-0.4, -0.2) is 119 Å². The van der Waals surface area contributed by atoms with Crippen molar-refractivity contribution in [2.45, 2.75) is 115 Å². The van der Waals surface area contributed by atoms with Crippen molar-refractivity contribution in [3.8, 4) is 5.75 Å². The molecule has 12 N–H and O–H groups in total. The molecule has 0 saturated carbocycles. The van der Waals surface area contributed by atoms with Gasteiger partial charge in [0.15, 0.2) is 5.96 Å². The predicted octanol–water partition coefficient (Wildman–Crippen LogP) is 0.390. The number of amides is 7. The number of carbonyl (C=O) groups excluding carboxylic acids is 6. The van der Waals surface area contributed by atoms with Gasteiger partial charge in [-0.05, 0) is 87.5 Å². The summed E-state index contributed by atoms with van der Waals surface area (Å²) in [5, 5.41) is 35.7. The zero-order valence-corrected chi connectivity index (χ0v) is 35.3. The number of benzene rings is 2. The second-order valence-electron chi connectivity index (χ2n) is 15.5. The molecule has 1 saturated heterocycles. The third kappa shape index (κ3) is 16.6. The van der Waals surface area contributed by atoms with Crippen molar-refractivity contribution in [3.63, 3.8) is 0 Å². The minimum atomic E-state index is -1.30. The Hall–Kier alpha value is -6.40. The number of aryl methyl sites for hydroxylation is 1. The van der Waals surface area contributed by atoms with Gasteiger partial charge in [-0.3, -0.25) is 29.0 Å². The summed E-state index contributed by atoms with van der Waals surface area (Å²) in [5.74, 6) is -4.93. The monoisotopic (exact) mass is 850 g/mol. The molecule has 0 bridgehead atoms. The molecular formula is C42H62N10O9. The SMILES string of the molecule is CC(C)[C@@H]1NC(=O)[C@H](NC(=O)N[C@@H](CCCCN=C(N)N)C(=O)O)CCCCNC(=O)[C@H](Cc2ccccc2)NC(=O)[C@H](C)N(C)C(=O)[C@H](CCc2ccc(O)cc2)NC1=O. The fourth-order valence-corrected chi connectivity index (χ4v) is 6.61. The lowest BCUT2D eigenvalue weighted by Gasteiger charge is -2.31. The molecule has 2 aromatic rings. The topological polar surface area (TPSA) is 300 Å². The van der Waals surface area contributed by atoms with Gasteiger partial charge in [0.1, 0.15) is 42.0 Å². The van der Waals surface area contributed by atoms with Gasteiger partial charge in [-0.2, -0.15) is 0 Å². The van der Waals surface area contributed by atoms with E-state index in [9.17, 15) is 43.8 Å². The quantitative estimate of drug-likeness (QED) is 0.0705. The number of hydrogen-bond donors (Lipinski definition) is 10. The van der Waals surface area contributed by atoms with E-state index in [-0.39, 0.29) is 56.9 Å². The average Bonchev–Trinajstić information content (AvgIpc) is 3.22. The van der Waals surface area contributed by atoms with Gasteiger partial charge < -0.3 is 58.5 Å². The van der Waals surface area contributed by atoms with Gasteiger partial charge in [-0.25, -0.2) is 9.59 Å².